The minimum absolute atomic E-state index is 0.204. The number of esters is 1. The first-order valence-electron chi connectivity index (χ1n) is 6.42. The molecular formula is C16H17NO2. The van der Waals surface area contributed by atoms with Crippen molar-refractivity contribution >= 4 is 5.97 Å². The van der Waals surface area contributed by atoms with Crippen LogP contribution in [-0.4, -0.2) is 17.6 Å². The quantitative estimate of drug-likeness (QED) is 0.771. The summed E-state index contributed by atoms with van der Waals surface area (Å²) >= 11 is 0. The Hall–Kier alpha value is -2.16. The summed E-state index contributed by atoms with van der Waals surface area (Å²) in [6.45, 7) is 2.22. The molecule has 0 spiro atoms. The first kappa shape index (κ1) is 13.3. The average Bonchev–Trinajstić information content (AvgIpc) is 2.42. The maximum absolute atomic E-state index is 11.6. The van der Waals surface area contributed by atoms with Crippen LogP contribution in [0.15, 0.2) is 48.7 Å². The van der Waals surface area contributed by atoms with Crippen molar-refractivity contribution in [2.24, 2.45) is 0 Å². The molecule has 0 fully saturated rings. The monoisotopic (exact) mass is 255 g/mol. The molecule has 1 aromatic carbocycles. The van der Waals surface area contributed by atoms with Gasteiger partial charge >= 0.3 is 5.97 Å². The van der Waals surface area contributed by atoms with E-state index < -0.39 is 0 Å². The van der Waals surface area contributed by atoms with Crippen LogP contribution in [0.4, 0.5) is 0 Å². The van der Waals surface area contributed by atoms with Gasteiger partial charge in [-0.15, -0.1) is 0 Å². The van der Waals surface area contributed by atoms with Gasteiger partial charge in [-0.05, 0) is 24.1 Å². The predicted octanol–water partition coefficient (Wildman–Crippen LogP) is 2.78. The Kier molecular flexibility index (Phi) is 4.67. The number of pyridine rings is 1. The van der Waals surface area contributed by atoms with Gasteiger partial charge in [0.05, 0.1) is 13.0 Å². The lowest BCUT2D eigenvalue weighted by molar-refractivity contribution is -0.142. The Morgan fingerprint density at radius 2 is 1.95 bits per heavy atom. The third-order valence-corrected chi connectivity index (χ3v) is 2.84. The van der Waals surface area contributed by atoms with E-state index in [9.17, 15) is 4.79 Å². The number of rotatable bonds is 5. The molecule has 0 aliphatic rings. The third kappa shape index (κ3) is 3.91. The maximum Gasteiger partial charge on any atom is 0.310 e. The zero-order valence-corrected chi connectivity index (χ0v) is 11.0. The lowest BCUT2D eigenvalue weighted by atomic mass is 10.0. The Bertz CT molecular complexity index is 537. The van der Waals surface area contributed by atoms with Crippen molar-refractivity contribution in [2.75, 3.05) is 6.61 Å². The molecule has 0 amide bonds. The fourth-order valence-electron chi connectivity index (χ4n) is 1.95. The fraction of sp³-hybridized carbons (Fsp3) is 0.250. The molecule has 98 valence electrons. The maximum atomic E-state index is 11.6. The van der Waals surface area contributed by atoms with Crippen LogP contribution in [-0.2, 0) is 22.4 Å². The van der Waals surface area contributed by atoms with Gasteiger partial charge in [0.1, 0.15) is 0 Å². The van der Waals surface area contributed by atoms with Crippen LogP contribution < -0.4 is 0 Å². The molecule has 3 heteroatoms. The van der Waals surface area contributed by atoms with Crippen LogP contribution in [0.25, 0.3) is 0 Å². The Morgan fingerprint density at radius 3 is 2.68 bits per heavy atom. The molecule has 1 heterocycles. The second kappa shape index (κ2) is 6.69. The van der Waals surface area contributed by atoms with Gasteiger partial charge < -0.3 is 4.74 Å². The van der Waals surface area contributed by atoms with Crippen LogP contribution in [0.2, 0.25) is 0 Å². The van der Waals surface area contributed by atoms with Crippen molar-refractivity contribution in [1.29, 1.82) is 0 Å². The lowest BCUT2D eigenvalue weighted by Crippen LogP contribution is -2.10. The number of carbonyl (C=O) groups excluding carboxylic acids is 1. The molecule has 19 heavy (non-hydrogen) atoms. The number of hydrogen-bond donors (Lipinski definition) is 0. The second-order valence-electron chi connectivity index (χ2n) is 4.25. The highest BCUT2D eigenvalue weighted by Gasteiger charge is 2.09. The smallest absolute Gasteiger partial charge is 0.310 e. The number of ether oxygens (including phenoxy) is 1. The summed E-state index contributed by atoms with van der Waals surface area (Å²) in [5.41, 5.74) is 3.05. The molecule has 0 saturated carbocycles. The number of hydrogen-bond acceptors (Lipinski definition) is 3. The summed E-state index contributed by atoms with van der Waals surface area (Å²) in [5.74, 6) is -0.204. The van der Waals surface area contributed by atoms with Gasteiger partial charge in [-0.25, -0.2) is 0 Å². The molecule has 1 aromatic heterocycles. The van der Waals surface area contributed by atoms with E-state index in [1.165, 1.54) is 5.56 Å². The van der Waals surface area contributed by atoms with E-state index in [1.807, 2.05) is 37.3 Å². The van der Waals surface area contributed by atoms with Gasteiger partial charge in [0.15, 0.2) is 0 Å². The normalized spacial score (nSPS) is 10.2. The van der Waals surface area contributed by atoms with Crippen molar-refractivity contribution in [3.05, 3.63) is 65.5 Å². The van der Waals surface area contributed by atoms with E-state index in [2.05, 4.69) is 17.1 Å². The van der Waals surface area contributed by atoms with Crippen LogP contribution >= 0.6 is 0 Å². The van der Waals surface area contributed by atoms with Crippen molar-refractivity contribution in [3.63, 3.8) is 0 Å². The zero-order chi connectivity index (χ0) is 13.5. The van der Waals surface area contributed by atoms with Gasteiger partial charge in [0.2, 0.25) is 0 Å². The van der Waals surface area contributed by atoms with E-state index >= 15 is 0 Å². The van der Waals surface area contributed by atoms with Gasteiger partial charge in [-0.1, -0.05) is 36.4 Å². The van der Waals surface area contributed by atoms with Crippen LogP contribution in [0.1, 0.15) is 23.7 Å². The molecule has 0 unspecified atom stereocenters. The summed E-state index contributed by atoms with van der Waals surface area (Å²) in [5, 5.41) is 0. The molecule has 0 radical (unpaired) electrons. The van der Waals surface area contributed by atoms with E-state index in [0.717, 1.165) is 17.7 Å². The van der Waals surface area contributed by atoms with Gasteiger partial charge in [-0.2, -0.15) is 0 Å². The predicted molar refractivity (Wildman–Crippen MR) is 73.8 cm³/mol. The van der Waals surface area contributed by atoms with Crippen LogP contribution in [0.3, 0.4) is 0 Å². The number of aromatic nitrogens is 1. The number of benzene rings is 1. The largest absolute Gasteiger partial charge is 0.466 e. The van der Waals surface area contributed by atoms with E-state index in [4.69, 9.17) is 4.74 Å². The Labute approximate surface area is 113 Å². The molecule has 2 aromatic rings. The molecule has 2 rings (SSSR count). The van der Waals surface area contributed by atoms with Crippen molar-refractivity contribution < 1.29 is 9.53 Å². The highest BCUT2D eigenvalue weighted by Crippen LogP contribution is 2.13. The zero-order valence-electron chi connectivity index (χ0n) is 11.0. The molecule has 0 bridgehead atoms. The first-order chi connectivity index (χ1) is 9.29. The third-order valence-electron chi connectivity index (χ3n) is 2.84. The number of nitrogens with zero attached hydrogens (tertiary/aromatic N) is 1. The van der Waals surface area contributed by atoms with Gasteiger partial charge in [0, 0.05) is 18.3 Å². The summed E-state index contributed by atoms with van der Waals surface area (Å²) in [7, 11) is 0. The highest BCUT2D eigenvalue weighted by atomic mass is 16.5. The van der Waals surface area contributed by atoms with Crippen molar-refractivity contribution in [1.82, 2.24) is 4.98 Å². The molecule has 0 saturated heterocycles. The summed E-state index contributed by atoms with van der Waals surface area (Å²) in [6.07, 6.45) is 2.77. The Balaban J connectivity index is 2.14. The number of carbonyl (C=O) groups is 1. The van der Waals surface area contributed by atoms with Crippen LogP contribution in [0, 0.1) is 0 Å². The van der Waals surface area contributed by atoms with E-state index in [0.29, 0.717) is 6.61 Å². The second-order valence-corrected chi connectivity index (χ2v) is 4.25. The molecule has 0 aliphatic heterocycles. The van der Waals surface area contributed by atoms with Crippen molar-refractivity contribution in [2.45, 2.75) is 19.8 Å². The Morgan fingerprint density at radius 1 is 1.16 bits per heavy atom. The summed E-state index contributed by atoms with van der Waals surface area (Å²) < 4.78 is 4.98. The minimum atomic E-state index is -0.204. The standard InChI is InChI=1S/C16H17NO2/c1-2-19-16(18)12-14-9-6-10-17-15(14)11-13-7-4-3-5-8-13/h3-10H,2,11-12H2,1H3. The first-order valence-corrected chi connectivity index (χ1v) is 6.42. The molecule has 0 N–H and O–H groups in total. The fourth-order valence-corrected chi connectivity index (χ4v) is 1.95. The summed E-state index contributed by atoms with van der Waals surface area (Å²) in [6, 6.07) is 13.9. The van der Waals surface area contributed by atoms with Gasteiger partial charge in [-0.3, -0.25) is 9.78 Å². The topological polar surface area (TPSA) is 39.2 Å². The van der Waals surface area contributed by atoms with E-state index in [1.54, 1.807) is 6.20 Å². The molecular weight excluding hydrogens is 238 g/mol. The average molecular weight is 255 g/mol. The molecule has 0 atom stereocenters. The van der Waals surface area contributed by atoms with E-state index in [-0.39, 0.29) is 12.4 Å². The van der Waals surface area contributed by atoms with Crippen molar-refractivity contribution in [3.8, 4) is 0 Å². The van der Waals surface area contributed by atoms with Gasteiger partial charge in [0.25, 0.3) is 0 Å². The van der Waals surface area contributed by atoms with Crippen LogP contribution in [0.5, 0.6) is 0 Å². The highest BCUT2D eigenvalue weighted by molar-refractivity contribution is 5.72. The molecule has 0 aliphatic carbocycles. The lowest BCUT2D eigenvalue weighted by Gasteiger charge is -2.08. The minimum Gasteiger partial charge on any atom is -0.466 e. The SMILES string of the molecule is CCOC(=O)Cc1cccnc1Cc1ccccc1. The summed E-state index contributed by atoms with van der Waals surface area (Å²) in [4.78, 5) is 15.9. The molecule has 3 nitrogen and oxygen atoms in total.